The molecule has 1 atom stereocenters. The maximum atomic E-state index is 9.57. The molecule has 0 aliphatic rings. The molecule has 0 aromatic rings. The Hall–Kier alpha value is -0.300. The first-order valence-corrected chi connectivity index (χ1v) is 6.60. The van der Waals surface area contributed by atoms with Gasteiger partial charge in [0.15, 0.2) is 0 Å². The highest BCUT2D eigenvalue weighted by molar-refractivity contribution is 4.69. The monoisotopic (exact) mass is 212 g/mol. The predicted molar refractivity (Wildman–Crippen MR) is 68.0 cm³/mol. The van der Waals surface area contributed by atoms with E-state index in [1.807, 2.05) is 6.08 Å². The molecule has 90 valence electrons. The van der Waals surface area contributed by atoms with Crippen LogP contribution in [0.25, 0.3) is 0 Å². The summed E-state index contributed by atoms with van der Waals surface area (Å²) in [6.07, 6.45) is 13.9. The van der Waals surface area contributed by atoms with E-state index in [2.05, 4.69) is 13.5 Å². The molecule has 0 fully saturated rings. The molecular weight excluding hydrogens is 184 g/mol. The second kappa shape index (κ2) is 11.8. The van der Waals surface area contributed by atoms with Gasteiger partial charge >= 0.3 is 0 Å². The Balaban J connectivity index is 3.05. The van der Waals surface area contributed by atoms with Gasteiger partial charge in [-0.15, -0.1) is 6.58 Å². The van der Waals surface area contributed by atoms with Crippen LogP contribution in [0.3, 0.4) is 0 Å². The van der Waals surface area contributed by atoms with Gasteiger partial charge in [-0.2, -0.15) is 0 Å². The maximum absolute atomic E-state index is 9.57. The van der Waals surface area contributed by atoms with Crippen molar-refractivity contribution < 1.29 is 5.11 Å². The number of rotatable bonds is 11. The van der Waals surface area contributed by atoms with Gasteiger partial charge in [0.25, 0.3) is 0 Å². The van der Waals surface area contributed by atoms with E-state index in [4.69, 9.17) is 0 Å². The highest BCUT2D eigenvalue weighted by Crippen LogP contribution is 2.11. The lowest BCUT2D eigenvalue weighted by atomic mass is 10.0. The highest BCUT2D eigenvalue weighted by Gasteiger charge is 2.01. The zero-order valence-electron chi connectivity index (χ0n) is 10.4. The van der Waals surface area contributed by atoms with Crippen LogP contribution in [-0.2, 0) is 0 Å². The minimum atomic E-state index is -0.0985. The molecule has 0 aliphatic carbocycles. The smallest absolute Gasteiger partial charge is 0.0543 e. The third-order valence-corrected chi connectivity index (χ3v) is 2.84. The number of allylic oxidation sites excluding steroid dienone is 1. The van der Waals surface area contributed by atoms with Gasteiger partial charge in [0.2, 0.25) is 0 Å². The molecule has 1 N–H and O–H groups in total. The molecule has 15 heavy (non-hydrogen) atoms. The molecule has 1 unspecified atom stereocenters. The number of aliphatic hydroxyl groups excluding tert-OH is 1. The van der Waals surface area contributed by atoms with E-state index in [1.54, 1.807) is 0 Å². The topological polar surface area (TPSA) is 20.2 Å². The molecule has 0 rings (SSSR count). The Labute approximate surface area is 95.6 Å². The van der Waals surface area contributed by atoms with Crippen molar-refractivity contribution in [3.63, 3.8) is 0 Å². The summed E-state index contributed by atoms with van der Waals surface area (Å²) < 4.78 is 0. The lowest BCUT2D eigenvalue weighted by Crippen LogP contribution is -2.05. The second-order valence-electron chi connectivity index (χ2n) is 4.43. The van der Waals surface area contributed by atoms with E-state index in [0.29, 0.717) is 0 Å². The molecule has 0 aromatic carbocycles. The van der Waals surface area contributed by atoms with Crippen molar-refractivity contribution in [2.24, 2.45) is 0 Å². The zero-order valence-corrected chi connectivity index (χ0v) is 10.4. The maximum Gasteiger partial charge on any atom is 0.0543 e. The predicted octanol–water partition coefficient (Wildman–Crippen LogP) is 4.45. The van der Waals surface area contributed by atoms with E-state index >= 15 is 0 Å². The first-order valence-electron chi connectivity index (χ1n) is 6.60. The van der Waals surface area contributed by atoms with Crippen LogP contribution in [0.2, 0.25) is 0 Å². The van der Waals surface area contributed by atoms with Crippen molar-refractivity contribution in [1.82, 2.24) is 0 Å². The van der Waals surface area contributed by atoms with E-state index in [-0.39, 0.29) is 6.10 Å². The van der Waals surface area contributed by atoms with Crippen molar-refractivity contribution in [1.29, 1.82) is 0 Å². The summed E-state index contributed by atoms with van der Waals surface area (Å²) in [5.74, 6) is 0. The van der Waals surface area contributed by atoms with Crippen molar-refractivity contribution in [2.45, 2.75) is 77.2 Å². The fourth-order valence-corrected chi connectivity index (χ4v) is 1.79. The molecular formula is C14H28O. The first kappa shape index (κ1) is 14.7. The summed E-state index contributed by atoms with van der Waals surface area (Å²) in [4.78, 5) is 0. The number of aliphatic hydroxyl groups is 1. The average Bonchev–Trinajstić information content (AvgIpc) is 2.25. The van der Waals surface area contributed by atoms with E-state index in [1.165, 1.54) is 44.9 Å². The molecule has 1 heteroatoms. The van der Waals surface area contributed by atoms with Gasteiger partial charge in [-0.25, -0.2) is 0 Å². The average molecular weight is 212 g/mol. The molecule has 0 saturated carbocycles. The summed E-state index contributed by atoms with van der Waals surface area (Å²) in [5, 5.41) is 9.57. The Bertz CT molecular complexity index is 131. The fraction of sp³-hybridized carbons (Fsp3) is 0.857. The van der Waals surface area contributed by atoms with Gasteiger partial charge < -0.3 is 5.11 Å². The van der Waals surface area contributed by atoms with E-state index in [0.717, 1.165) is 19.3 Å². The second-order valence-corrected chi connectivity index (χ2v) is 4.43. The van der Waals surface area contributed by atoms with Crippen molar-refractivity contribution in [3.05, 3.63) is 12.7 Å². The Morgan fingerprint density at radius 3 is 2.20 bits per heavy atom. The molecule has 0 heterocycles. The summed E-state index contributed by atoms with van der Waals surface area (Å²) in [7, 11) is 0. The largest absolute Gasteiger partial charge is 0.393 e. The SMILES string of the molecule is C=CCCC(O)CCCCCCCCC. The first-order chi connectivity index (χ1) is 7.31. The van der Waals surface area contributed by atoms with E-state index in [9.17, 15) is 5.11 Å². The Morgan fingerprint density at radius 1 is 1.00 bits per heavy atom. The third kappa shape index (κ3) is 11.6. The summed E-state index contributed by atoms with van der Waals surface area (Å²) in [5.41, 5.74) is 0. The van der Waals surface area contributed by atoms with Crippen molar-refractivity contribution in [3.8, 4) is 0 Å². The van der Waals surface area contributed by atoms with Gasteiger partial charge in [0.1, 0.15) is 0 Å². The van der Waals surface area contributed by atoms with Crippen molar-refractivity contribution in [2.75, 3.05) is 0 Å². The lowest BCUT2D eigenvalue weighted by Gasteiger charge is -2.08. The number of hydrogen-bond donors (Lipinski definition) is 1. The van der Waals surface area contributed by atoms with Crippen molar-refractivity contribution >= 4 is 0 Å². The van der Waals surface area contributed by atoms with Crippen LogP contribution in [0.15, 0.2) is 12.7 Å². The summed E-state index contributed by atoms with van der Waals surface area (Å²) in [6.45, 7) is 5.91. The Morgan fingerprint density at radius 2 is 1.60 bits per heavy atom. The summed E-state index contributed by atoms with van der Waals surface area (Å²) in [6, 6.07) is 0. The minimum absolute atomic E-state index is 0.0985. The van der Waals surface area contributed by atoms with Crippen LogP contribution >= 0.6 is 0 Å². The van der Waals surface area contributed by atoms with Crippen LogP contribution < -0.4 is 0 Å². The van der Waals surface area contributed by atoms with Gasteiger partial charge in [0, 0.05) is 0 Å². The lowest BCUT2D eigenvalue weighted by molar-refractivity contribution is 0.152. The zero-order chi connectivity index (χ0) is 11.4. The van der Waals surface area contributed by atoms with Crippen LogP contribution in [0, 0.1) is 0 Å². The number of hydrogen-bond acceptors (Lipinski definition) is 1. The van der Waals surface area contributed by atoms with Crippen LogP contribution in [0.4, 0.5) is 0 Å². The number of unbranched alkanes of at least 4 members (excludes halogenated alkanes) is 6. The van der Waals surface area contributed by atoms with Gasteiger partial charge in [-0.05, 0) is 19.3 Å². The molecule has 0 spiro atoms. The molecule has 0 aliphatic heterocycles. The molecule has 0 bridgehead atoms. The molecule has 0 aromatic heterocycles. The molecule has 0 saturated heterocycles. The fourth-order valence-electron chi connectivity index (χ4n) is 1.79. The molecule has 1 nitrogen and oxygen atoms in total. The summed E-state index contributed by atoms with van der Waals surface area (Å²) >= 11 is 0. The van der Waals surface area contributed by atoms with Crippen LogP contribution in [0.1, 0.15) is 71.1 Å². The quantitative estimate of drug-likeness (QED) is 0.396. The highest BCUT2D eigenvalue weighted by atomic mass is 16.3. The van der Waals surface area contributed by atoms with Crippen LogP contribution in [0.5, 0.6) is 0 Å². The van der Waals surface area contributed by atoms with Gasteiger partial charge in [-0.1, -0.05) is 57.9 Å². The normalized spacial score (nSPS) is 12.7. The van der Waals surface area contributed by atoms with E-state index < -0.39 is 0 Å². The Kier molecular flexibility index (Phi) is 11.5. The van der Waals surface area contributed by atoms with Crippen LogP contribution in [-0.4, -0.2) is 11.2 Å². The van der Waals surface area contributed by atoms with Gasteiger partial charge in [-0.3, -0.25) is 0 Å². The third-order valence-electron chi connectivity index (χ3n) is 2.84. The molecule has 0 radical (unpaired) electrons. The standard InChI is InChI=1S/C14H28O/c1-3-5-7-8-9-10-11-13-14(15)12-6-4-2/h4,14-15H,2-3,5-13H2,1H3. The van der Waals surface area contributed by atoms with Gasteiger partial charge in [0.05, 0.1) is 6.10 Å². The minimum Gasteiger partial charge on any atom is -0.393 e. The molecule has 0 amide bonds.